The molecule has 7 nitrogen and oxygen atoms in total. The Morgan fingerprint density at radius 1 is 1.12 bits per heavy atom. The molecule has 0 aliphatic carbocycles. The third-order valence-electron chi connectivity index (χ3n) is 3.82. The molecule has 1 heterocycles. The number of anilines is 1. The van der Waals surface area contributed by atoms with Crippen LogP contribution in [-0.4, -0.2) is 38.1 Å². The number of methoxy groups -OCH3 is 1. The summed E-state index contributed by atoms with van der Waals surface area (Å²) in [5, 5.41) is 0. The molecule has 134 valence electrons. The summed E-state index contributed by atoms with van der Waals surface area (Å²) in [6.07, 6.45) is 0.176. The molecule has 1 amide bonds. The highest BCUT2D eigenvalue weighted by Gasteiger charge is 2.25. The van der Waals surface area contributed by atoms with Gasteiger partial charge in [0.15, 0.2) is 0 Å². The van der Waals surface area contributed by atoms with Gasteiger partial charge < -0.3 is 14.2 Å². The van der Waals surface area contributed by atoms with Crippen LogP contribution >= 0.6 is 0 Å². The Bertz CT molecular complexity index is 830. The van der Waals surface area contributed by atoms with Gasteiger partial charge >= 0.3 is 11.9 Å². The second-order valence-corrected chi connectivity index (χ2v) is 5.54. The number of benzene rings is 2. The van der Waals surface area contributed by atoms with Gasteiger partial charge in [-0.2, -0.15) is 0 Å². The summed E-state index contributed by atoms with van der Waals surface area (Å²) in [7, 11) is 1.29. The molecule has 0 N–H and O–H groups in total. The van der Waals surface area contributed by atoms with Crippen molar-refractivity contribution in [2.24, 2.45) is 0 Å². The summed E-state index contributed by atoms with van der Waals surface area (Å²) >= 11 is 0. The Morgan fingerprint density at radius 3 is 2.58 bits per heavy atom. The number of rotatable bonds is 4. The lowest BCUT2D eigenvalue weighted by Gasteiger charge is -2.20. The van der Waals surface area contributed by atoms with Crippen LogP contribution in [-0.2, 0) is 14.3 Å². The Morgan fingerprint density at radius 2 is 1.85 bits per heavy atom. The zero-order valence-electron chi connectivity index (χ0n) is 14.1. The fourth-order valence-corrected chi connectivity index (χ4v) is 2.56. The second-order valence-electron chi connectivity index (χ2n) is 5.54. The smallest absolute Gasteiger partial charge is 0.337 e. The standard InChI is InChI=1S/C19H17NO6/c1-24-19(23)13-6-8-14(9-7-13)26-18(22)12-20-15-4-2-3-5-16(15)25-11-10-17(20)21/h2-9H,10-12H2,1H3. The lowest BCUT2D eigenvalue weighted by molar-refractivity contribution is -0.134. The Hall–Kier alpha value is -3.35. The van der Waals surface area contributed by atoms with E-state index < -0.39 is 11.9 Å². The number of nitrogens with zero attached hydrogens (tertiary/aromatic N) is 1. The monoisotopic (exact) mass is 355 g/mol. The van der Waals surface area contributed by atoms with E-state index >= 15 is 0 Å². The molecule has 0 saturated heterocycles. The number of carbonyl (C=O) groups excluding carboxylic acids is 3. The van der Waals surface area contributed by atoms with Crippen molar-refractivity contribution in [3.63, 3.8) is 0 Å². The minimum atomic E-state index is -0.596. The van der Waals surface area contributed by atoms with Gasteiger partial charge in [0.1, 0.15) is 18.0 Å². The molecule has 1 aliphatic rings. The van der Waals surface area contributed by atoms with E-state index in [2.05, 4.69) is 4.74 Å². The van der Waals surface area contributed by atoms with Crippen molar-refractivity contribution in [1.82, 2.24) is 0 Å². The van der Waals surface area contributed by atoms with Crippen LogP contribution in [0, 0.1) is 0 Å². The first-order valence-corrected chi connectivity index (χ1v) is 8.00. The minimum absolute atomic E-state index is 0.176. The molecule has 0 aromatic heterocycles. The van der Waals surface area contributed by atoms with Gasteiger partial charge in [0, 0.05) is 0 Å². The van der Waals surface area contributed by atoms with E-state index in [-0.39, 0.29) is 31.2 Å². The number of carbonyl (C=O) groups is 3. The molecule has 26 heavy (non-hydrogen) atoms. The van der Waals surface area contributed by atoms with Gasteiger partial charge in [-0.3, -0.25) is 9.69 Å². The highest BCUT2D eigenvalue weighted by Crippen LogP contribution is 2.30. The summed E-state index contributed by atoms with van der Waals surface area (Å²) in [6, 6.07) is 13.0. The number of amides is 1. The maximum atomic E-state index is 12.3. The maximum absolute atomic E-state index is 12.3. The van der Waals surface area contributed by atoms with Crippen LogP contribution in [0.2, 0.25) is 0 Å². The summed E-state index contributed by atoms with van der Waals surface area (Å²) in [4.78, 5) is 37.3. The van der Waals surface area contributed by atoms with Crippen molar-refractivity contribution in [3.05, 3.63) is 54.1 Å². The number of hydrogen-bond acceptors (Lipinski definition) is 6. The van der Waals surface area contributed by atoms with Gasteiger partial charge in [-0.25, -0.2) is 9.59 Å². The number of para-hydroxylation sites is 2. The fourth-order valence-electron chi connectivity index (χ4n) is 2.56. The molecular weight excluding hydrogens is 338 g/mol. The Balaban J connectivity index is 1.71. The lowest BCUT2D eigenvalue weighted by atomic mass is 10.2. The molecule has 3 rings (SSSR count). The SMILES string of the molecule is COC(=O)c1ccc(OC(=O)CN2C(=O)CCOc3ccccc32)cc1. The third-order valence-corrected chi connectivity index (χ3v) is 3.82. The topological polar surface area (TPSA) is 82.1 Å². The number of hydrogen-bond donors (Lipinski definition) is 0. The van der Waals surface area contributed by atoms with Gasteiger partial charge in [0.25, 0.3) is 0 Å². The van der Waals surface area contributed by atoms with E-state index in [9.17, 15) is 14.4 Å². The first-order valence-electron chi connectivity index (χ1n) is 8.00. The van der Waals surface area contributed by atoms with Crippen LogP contribution in [0.5, 0.6) is 11.5 Å². The highest BCUT2D eigenvalue weighted by molar-refractivity contribution is 5.99. The lowest BCUT2D eigenvalue weighted by Crippen LogP contribution is -2.37. The molecular formula is C19H17NO6. The van der Waals surface area contributed by atoms with E-state index in [1.807, 2.05) is 0 Å². The zero-order chi connectivity index (χ0) is 18.5. The van der Waals surface area contributed by atoms with Crippen LogP contribution in [0.3, 0.4) is 0 Å². The predicted molar refractivity (Wildman–Crippen MR) is 92.3 cm³/mol. The summed E-state index contributed by atoms with van der Waals surface area (Å²) in [5.74, 6) is -0.466. The van der Waals surface area contributed by atoms with Gasteiger partial charge in [-0.05, 0) is 36.4 Å². The number of fused-ring (bicyclic) bond motifs is 1. The van der Waals surface area contributed by atoms with Gasteiger partial charge in [-0.1, -0.05) is 12.1 Å². The molecule has 1 aliphatic heterocycles. The highest BCUT2D eigenvalue weighted by atomic mass is 16.5. The second kappa shape index (κ2) is 7.69. The molecule has 2 aromatic rings. The van der Waals surface area contributed by atoms with E-state index in [0.29, 0.717) is 17.0 Å². The molecule has 0 atom stereocenters. The third kappa shape index (κ3) is 3.83. The van der Waals surface area contributed by atoms with Crippen molar-refractivity contribution in [3.8, 4) is 11.5 Å². The quantitative estimate of drug-likeness (QED) is 0.618. The van der Waals surface area contributed by atoms with Crippen molar-refractivity contribution in [2.45, 2.75) is 6.42 Å². The van der Waals surface area contributed by atoms with Crippen LogP contribution in [0.1, 0.15) is 16.8 Å². The van der Waals surface area contributed by atoms with Gasteiger partial charge in [-0.15, -0.1) is 0 Å². The van der Waals surface area contributed by atoms with Crippen LogP contribution < -0.4 is 14.4 Å². The van der Waals surface area contributed by atoms with E-state index in [1.54, 1.807) is 24.3 Å². The molecule has 0 bridgehead atoms. The van der Waals surface area contributed by atoms with Gasteiger partial charge in [0.2, 0.25) is 5.91 Å². The molecule has 0 radical (unpaired) electrons. The van der Waals surface area contributed by atoms with Crippen LogP contribution in [0.15, 0.2) is 48.5 Å². The average molecular weight is 355 g/mol. The first kappa shape index (κ1) is 17.5. The van der Waals surface area contributed by atoms with Crippen LogP contribution in [0.4, 0.5) is 5.69 Å². The average Bonchev–Trinajstić information content (AvgIpc) is 2.81. The Labute approximate surface area is 150 Å². The van der Waals surface area contributed by atoms with Crippen molar-refractivity contribution < 1.29 is 28.6 Å². The fraction of sp³-hybridized carbons (Fsp3) is 0.211. The van der Waals surface area contributed by atoms with E-state index in [1.165, 1.54) is 36.3 Å². The Kier molecular flexibility index (Phi) is 5.17. The normalized spacial score (nSPS) is 13.3. The van der Waals surface area contributed by atoms with Crippen molar-refractivity contribution in [1.29, 1.82) is 0 Å². The largest absolute Gasteiger partial charge is 0.491 e. The minimum Gasteiger partial charge on any atom is -0.491 e. The zero-order valence-corrected chi connectivity index (χ0v) is 14.1. The van der Waals surface area contributed by atoms with Crippen LogP contribution in [0.25, 0.3) is 0 Å². The molecule has 0 spiro atoms. The van der Waals surface area contributed by atoms with Gasteiger partial charge in [0.05, 0.1) is 31.4 Å². The summed E-state index contributed by atoms with van der Waals surface area (Å²) < 4.78 is 15.4. The van der Waals surface area contributed by atoms with Crippen molar-refractivity contribution in [2.75, 3.05) is 25.2 Å². The molecule has 0 saturated carbocycles. The molecule has 7 heteroatoms. The summed E-state index contributed by atoms with van der Waals surface area (Å²) in [6.45, 7) is 0.0222. The first-order chi connectivity index (χ1) is 12.6. The number of esters is 2. The predicted octanol–water partition coefficient (Wildman–Crippen LogP) is 2.19. The molecule has 2 aromatic carbocycles. The number of ether oxygens (including phenoxy) is 3. The van der Waals surface area contributed by atoms with E-state index in [4.69, 9.17) is 9.47 Å². The summed E-state index contributed by atoms with van der Waals surface area (Å²) in [5.41, 5.74) is 0.883. The molecule has 0 unspecified atom stereocenters. The van der Waals surface area contributed by atoms with E-state index in [0.717, 1.165) is 0 Å². The molecule has 0 fully saturated rings. The maximum Gasteiger partial charge on any atom is 0.337 e. The van der Waals surface area contributed by atoms with Crippen molar-refractivity contribution >= 4 is 23.5 Å².